The normalized spacial score (nSPS) is 10.9. The molecule has 6 heteroatoms. The first-order valence-electron chi connectivity index (χ1n) is 6.91. The zero-order valence-corrected chi connectivity index (χ0v) is 11.7. The average molecular weight is 291 g/mol. The minimum atomic E-state index is 0.603. The summed E-state index contributed by atoms with van der Waals surface area (Å²) in [5, 5.41) is 8.65. The summed E-state index contributed by atoms with van der Waals surface area (Å²) in [4.78, 5) is 8.50. The van der Waals surface area contributed by atoms with Crippen LogP contribution in [-0.2, 0) is 6.54 Å². The SMILES string of the molecule is c1cncc(-n2nccc2CNc2nccc3occc23)c1. The van der Waals surface area contributed by atoms with Crippen molar-refractivity contribution in [3.8, 4) is 5.69 Å². The lowest BCUT2D eigenvalue weighted by atomic mass is 10.3. The Bertz CT molecular complexity index is 897. The van der Waals surface area contributed by atoms with Crippen molar-refractivity contribution in [1.29, 1.82) is 0 Å². The molecule has 0 unspecified atom stereocenters. The first kappa shape index (κ1) is 12.6. The summed E-state index contributed by atoms with van der Waals surface area (Å²) in [6.07, 6.45) is 8.69. The molecule has 0 radical (unpaired) electrons. The van der Waals surface area contributed by atoms with Gasteiger partial charge in [-0.25, -0.2) is 9.67 Å². The van der Waals surface area contributed by atoms with Gasteiger partial charge in [-0.2, -0.15) is 5.10 Å². The van der Waals surface area contributed by atoms with Crippen molar-refractivity contribution >= 4 is 16.8 Å². The summed E-state index contributed by atoms with van der Waals surface area (Å²) >= 11 is 0. The third-order valence-electron chi connectivity index (χ3n) is 3.43. The van der Waals surface area contributed by atoms with Gasteiger partial charge in [0.1, 0.15) is 11.4 Å². The van der Waals surface area contributed by atoms with Crippen LogP contribution in [0.4, 0.5) is 5.82 Å². The lowest BCUT2D eigenvalue weighted by molar-refractivity contribution is 0.615. The predicted molar refractivity (Wildman–Crippen MR) is 82.7 cm³/mol. The second-order valence-electron chi connectivity index (χ2n) is 4.79. The van der Waals surface area contributed by atoms with E-state index in [9.17, 15) is 0 Å². The van der Waals surface area contributed by atoms with Crippen LogP contribution in [0.5, 0.6) is 0 Å². The van der Waals surface area contributed by atoms with Crippen molar-refractivity contribution in [3.05, 3.63) is 67.1 Å². The van der Waals surface area contributed by atoms with Crippen LogP contribution < -0.4 is 5.32 Å². The van der Waals surface area contributed by atoms with E-state index in [-0.39, 0.29) is 0 Å². The Morgan fingerprint density at radius 2 is 2.09 bits per heavy atom. The molecule has 0 aliphatic carbocycles. The molecule has 6 nitrogen and oxygen atoms in total. The third kappa shape index (κ3) is 2.20. The molecule has 0 amide bonds. The minimum absolute atomic E-state index is 0.603. The molecule has 1 N–H and O–H groups in total. The first-order valence-corrected chi connectivity index (χ1v) is 6.91. The second kappa shape index (κ2) is 5.33. The maximum atomic E-state index is 5.38. The molecule has 0 aliphatic rings. The fraction of sp³-hybridized carbons (Fsp3) is 0.0625. The summed E-state index contributed by atoms with van der Waals surface area (Å²) in [7, 11) is 0. The maximum absolute atomic E-state index is 5.38. The van der Waals surface area contributed by atoms with Crippen LogP contribution >= 0.6 is 0 Å². The fourth-order valence-corrected chi connectivity index (χ4v) is 2.39. The summed E-state index contributed by atoms with van der Waals surface area (Å²) < 4.78 is 7.24. The summed E-state index contributed by atoms with van der Waals surface area (Å²) in [6.45, 7) is 0.603. The highest BCUT2D eigenvalue weighted by atomic mass is 16.3. The summed E-state index contributed by atoms with van der Waals surface area (Å²) in [5.74, 6) is 0.796. The van der Waals surface area contributed by atoms with Gasteiger partial charge in [-0.15, -0.1) is 0 Å². The second-order valence-corrected chi connectivity index (χ2v) is 4.79. The molecule has 0 bridgehead atoms. The van der Waals surface area contributed by atoms with E-state index in [2.05, 4.69) is 20.4 Å². The van der Waals surface area contributed by atoms with Crippen LogP contribution in [0, 0.1) is 0 Å². The van der Waals surface area contributed by atoms with Crippen LogP contribution in [-0.4, -0.2) is 19.7 Å². The van der Waals surface area contributed by atoms with E-state index in [1.807, 2.05) is 35.0 Å². The van der Waals surface area contributed by atoms with E-state index in [1.54, 1.807) is 31.1 Å². The molecule has 108 valence electrons. The van der Waals surface area contributed by atoms with Crippen molar-refractivity contribution < 1.29 is 4.42 Å². The van der Waals surface area contributed by atoms with E-state index in [0.29, 0.717) is 6.54 Å². The average Bonchev–Trinajstić information content (AvgIpc) is 3.23. The van der Waals surface area contributed by atoms with E-state index in [4.69, 9.17) is 4.42 Å². The number of pyridine rings is 2. The lowest BCUT2D eigenvalue weighted by Gasteiger charge is -2.09. The fourth-order valence-electron chi connectivity index (χ4n) is 2.39. The van der Waals surface area contributed by atoms with Crippen LogP contribution in [0.2, 0.25) is 0 Å². The standard InChI is InChI=1S/C16H13N5O/c1-2-12(10-17-6-1)21-13(3-8-20-21)11-19-16-14-5-9-22-15(14)4-7-18-16/h1-10H,11H2,(H,18,19). The molecular weight excluding hydrogens is 278 g/mol. The maximum Gasteiger partial charge on any atom is 0.139 e. The molecule has 0 spiro atoms. The van der Waals surface area contributed by atoms with E-state index < -0.39 is 0 Å². The number of nitrogens with one attached hydrogen (secondary N) is 1. The Kier molecular flexibility index (Phi) is 3.05. The van der Waals surface area contributed by atoms with Gasteiger partial charge < -0.3 is 9.73 Å². The van der Waals surface area contributed by atoms with E-state index >= 15 is 0 Å². The van der Waals surface area contributed by atoms with Gasteiger partial charge in [-0.3, -0.25) is 4.98 Å². The van der Waals surface area contributed by atoms with Crippen LogP contribution in [0.25, 0.3) is 16.7 Å². The molecule has 4 aromatic heterocycles. The molecule has 0 aliphatic heterocycles. The Labute approximate surface area is 126 Å². The zero-order chi connectivity index (χ0) is 14.8. The quantitative estimate of drug-likeness (QED) is 0.626. The van der Waals surface area contributed by atoms with Crippen molar-refractivity contribution in [2.75, 3.05) is 5.32 Å². The highest BCUT2D eigenvalue weighted by molar-refractivity contribution is 5.87. The molecule has 4 heterocycles. The Morgan fingerprint density at radius 3 is 3.00 bits per heavy atom. The van der Waals surface area contributed by atoms with Gasteiger partial charge >= 0.3 is 0 Å². The zero-order valence-electron chi connectivity index (χ0n) is 11.7. The van der Waals surface area contributed by atoms with Gasteiger partial charge in [-0.05, 0) is 30.3 Å². The Hall–Kier alpha value is -3.15. The predicted octanol–water partition coefficient (Wildman–Crippen LogP) is 3.02. The Morgan fingerprint density at radius 1 is 1.09 bits per heavy atom. The number of rotatable bonds is 4. The largest absolute Gasteiger partial charge is 0.464 e. The van der Waals surface area contributed by atoms with Crippen molar-refractivity contribution in [2.45, 2.75) is 6.54 Å². The van der Waals surface area contributed by atoms with Crippen LogP contribution in [0.1, 0.15) is 5.69 Å². The lowest BCUT2D eigenvalue weighted by Crippen LogP contribution is -2.08. The minimum Gasteiger partial charge on any atom is -0.464 e. The molecule has 0 aromatic carbocycles. The smallest absolute Gasteiger partial charge is 0.139 e. The molecule has 4 rings (SSSR count). The molecule has 0 atom stereocenters. The number of anilines is 1. The van der Waals surface area contributed by atoms with Crippen molar-refractivity contribution in [2.24, 2.45) is 0 Å². The van der Waals surface area contributed by atoms with Crippen LogP contribution in [0.15, 0.2) is 65.8 Å². The molecule has 0 fully saturated rings. The number of hydrogen-bond acceptors (Lipinski definition) is 5. The van der Waals surface area contributed by atoms with Crippen molar-refractivity contribution in [3.63, 3.8) is 0 Å². The highest BCUT2D eigenvalue weighted by Crippen LogP contribution is 2.22. The number of nitrogens with zero attached hydrogens (tertiary/aromatic N) is 4. The van der Waals surface area contributed by atoms with Crippen LogP contribution in [0.3, 0.4) is 0 Å². The number of fused-ring (bicyclic) bond motifs is 1. The molecular formula is C16H13N5O. The third-order valence-corrected chi connectivity index (χ3v) is 3.43. The Balaban J connectivity index is 1.61. The number of hydrogen-bond donors (Lipinski definition) is 1. The number of aromatic nitrogens is 4. The molecule has 22 heavy (non-hydrogen) atoms. The van der Waals surface area contributed by atoms with Gasteiger partial charge in [0, 0.05) is 18.6 Å². The topological polar surface area (TPSA) is 68.8 Å². The van der Waals surface area contributed by atoms with Gasteiger partial charge in [0.15, 0.2) is 0 Å². The monoisotopic (exact) mass is 291 g/mol. The summed E-state index contributed by atoms with van der Waals surface area (Å²) in [6, 6.07) is 9.58. The highest BCUT2D eigenvalue weighted by Gasteiger charge is 2.08. The van der Waals surface area contributed by atoms with Gasteiger partial charge in [0.05, 0.1) is 35.8 Å². The molecule has 0 saturated carbocycles. The van der Waals surface area contributed by atoms with Gasteiger partial charge in [0.25, 0.3) is 0 Å². The molecule has 0 saturated heterocycles. The number of furan rings is 1. The summed E-state index contributed by atoms with van der Waals surface area (Å²) in [5.41, 5.74) is 2.77. The van der Waals surface area contributed by atoms with E-state index in [1.165, 1.54) is 0 Å². The van der Waals surface area contributed by atoms with Gasteiger partial charge in [-0.1, -0.05) is 0 Å². The molecule has 4 aromatic rings. The van der Waals surface area contributed by atoms with E-state index in [0.717, 1.165) is 28.2 Å². The van der Waals surface area contributed by atoms with Gasteiger partial charge in [0.2, 0.25) is 0 Å². The van der Waals surface area contributed by atoms with Crippen molar-refractivity contribution in [1.82, 2.24) is 19.7 Å². The first-order chi connectivity index (χ1) is 10.9.